The van der Waals surface area contributed by atoms with Crippen molar-refractivity contribution in [2.24, 2.45) is 0 Å². The molecule has 1 N–H and O–H groups in total. The quantitative estimate of drug-likeness (QED) is 0.765. The van der Waals surface area contributed by atoms with Crippen molar-refractivity contribution in [1.29, 1.82) is 0 Å². The monoisotopic (exact) mass is 207 g/mol. The van der Waals surface area contributed by atoms with Crippen molar-refractivity contribution in [2.75, 3.05) is 6.61 Å². The highest BCUT2D eigenvalue weighted by molar-refractivity contribution is 5.74. The first-order chi connectivity index (χ1) is 7.15. The lowest BCUT2D eigenvalue weighted by atomic mass is 10.4. The van der Waals surface area contributed by atoms with E-state index in [1.54, 1.807) is 23.9 Å². The summed E-state index contributed by atoms with van der Waals surface area (Å²) in [5, 5.41) is 10.1. The topological polar surface area (TPSA) is 60.2 Å². The van der Waals surface area contributed by atoms with Gasteiger partial charge >= 0.3 is 0 Å². The normalized spacial score (nSPS) is 15.4. The molecule has 2 rings (SSSR count). The second-order valence-electron chi connectivity index (χ2n) is 3.35. The molecule has 0 aliphatic rings. The lowest BCUT2D eigenvalue weighted by Crippen LogP contribution is -2.32. The van der Waals surface area contributed by atoms with Crippen LogP contribution in [0, 0.1) is 0 Å². The number of aliphatic hydroxyl groups is 1. The average Bonchev–Trinajstić information content (AvgIpc) is 2.61. The van der Waals surface area contributed by atoms with E-state index in [1.807, 2.05) is 13.0 Å². The third-order valence-corrected chi connectivity index (χ3v) is 2.23. The molecular formula is C10H13N3O2. The van der Waals surface area contributed by atoms with Crippen molar-refractivity contribution in [1.82, 2.24) is 14.5 Å². The summed E-state index contributed by atoms with van der Waals surface area (Å²) < 4.78 is 6.85. The Morgan fingerprint density at radius 3 is 3.13 bits per heavy atom. The van der Waals surface area contributed by atoms with Gasteiger partial charge in [0.1, 0.15) is 6.33 Å². The SMILES string of the molecule is CCOC(C)(O)n1ccc2ncncc21. The molecule has 0 amide bonds. The first-order valence-corrected chi connectivity index (χ1v) is 4.79. The summed E-state index contributed by atoms with van der Waals surface area (Å²) in [6.45, 7) is 3.85. The summed E-state index contributed by atoms with van der Waals surface area (Å²) >= 11 is 0. The molecule has 2 aromatic heterocycles. The fourth-order valence-electron chi connectivity index (χ4n) is 1.58. The van der Waals surface area contributed by atoms with Crippen LogP contribution in [0.5, 0.6) is 0 Å². The number of rotatable bonds is 3. The van der Waals surface area contributed by atoms with Crippen LogP contribution >= 0.6 is 0 Å². The Morgan fingerprint density at radius 2 is 2.40 bits per heavy atom. The van der Waals surface area contributed by atoms with E-state index in [0.717, 1.165) is 11.0 Å². The van der Waals surface area contributed by atoms with E-state index in [-0.39, 0.29) is 0 Å². The van der Waals surface area contributed by atoms with Gasteiger partial charge < -0.3 is 9.84 Å². The zero-order valence-corrected chi connectivity index (χ0v) is 8.71. The molecule has 0 saturated carbocycles. The summed E-state index contributed by atoms with van der Waals surface area (Å²) in [6, 6.07) is 1.81. The number of nitrogens with zero attached hydrogens (tertiary/aromatic N) is 3. The summed E-state index contributed by atoms with van der Waals surface area (Å²) in [7, 11) is 0. The fraction of sp³-hybridized carbons (Fsp3) is 0.400. The molecule has 2 aromatic rings. The third-order valence-electron chi connectivity index (χ3n) is 2.23. The van der Waals surface area contributed by atoms with Gasteiger partial charge in [-0.05, 0) is 13.0 Å². The molecule has 0 aromatic carbocycles. The predicted octanol–water partition coefficient (Wildman–Crippen LogP) is 1.09. The van der Waals surface area contributed by atoms with Crippen molar-refractivity contribution in [3.8, 4) is 0 Å². The van der Waals surface area contributed by atoms with Crippen molar-refractivity contribution in [2.45, 2.75) is 19.8 Å². The first-order valence-electron chi connectivity index (χ1n) is 4.79. The minimum atomic E-state index is -1.36. The van der Waals surface area contributed by atoms with Crippen LogP contribution in [-0.2, 0) is 10.6 Å². The molecule has 5 heteroatoms. The second kappa shape index (κ2) is 3.60. The molecule has 0 aliphatic carbocycles. The van der Waals surface area contributed by atoms with Crippen LogP contribution in [0.4, 0.5) is 0 Å². The fourth-order valence-corrected chi connectivity index (χ4v) is 1.58. The van der Waals surface area contributed by atoms with Gasteiger partial charge in [-0.1, -0.05) is 0 Å². The Kier molecular flexibility index (Phi) is 2.42. The molecule has 0 fully saturated rings. The van der Waals surface area contributed by atoms with Crippen molar-refractivity contribution < 1.29 is 9.84 Å². The van der Waals surface area contributed by atoms with Gasteiger partial charge in [0.2, 0.25) is 5.91 Å². The van der Waals surface area contributed by atoms with E-state index in [9.17, 15) is 5.11 Å². The van der Waals surface area contributed by atoms with E-state index in [4.69, 9.17) is 4.74 Å². The van der Waals surface area contributed by atoms with E-state index < -0.39 is 5.91 Å². The molecule has 15 heavy (non-hydrogen) atoms. The maximum Gasteiger partial charge on any atom is 0.250 e. The average molecular weight is 207 g/mol. The molecular weight excluding hydrogens is 194 g/mol. The molecule has 0 spiro atoms. The minimum Gasteiger partial charge on any atom is -0.349 e. The first kappa shape index (κ1) is 10.1. The van der Waals surface area contributed by atoms with Gasteiger partial charge in [-0.25, -0.2) is 9.97 Å². The maximum atomic E-state index is 10.1. The van der Waals surface area contributed by atoms with Gasteiger partial charge in [0.05, 0.1) is 17.2 Å². The maximum absolute atomic E-state index is 10.1. The molecule has 0 bridgehead atoms. The third kappa shape index (κ3) is 1.71. The Labute approximate surface area is 87.3 Å². The lowest BCUT2D eigenvalue weighted by molar-refractivity contribution is -0.246. The van der Waals surface area contributed by atoms with Gasteiger partial charge in [0, 0.05) is 19.7 Å². The predicted molar refractivity (Wildman–Crippen MR) is 55.0 cm³/mol. The van der Waals surface area contributed by atoms with Gasteiger partial charge in [0.25, 0.3) is 0 Å². The molecule has 0 aliphatic heterocycles. The molecule has 2 heterocycles. The molecule has 5 nitrogen and oxygen atoms in total. The molecule has 0 saturated heterocycles. The van der Waals surface area contributed by atoms with Crippen LogP contribution in [0.25, 0.3) is 11.0 Å². The summed E-state index contributed by atoms with van der Waals surface area (Å²) in [5.41, 5.74) is 1.53. The van der Waals surface area contributed by atoms with Crippen molar-refractivity contribution >= 4 is 11.0 Å². The van der Waals surface area contributed by atoms with Crippen LogP contribution < -0.4 is 0 Å². The second-order valence-corrected chi connectivity index (χ2v) is 3.35. The van der Waals surface area contributed by atoms with Crippen LogP contribution in [0.1, 0.15) is 13.8 Å². The van der Waals surface area contributed by atoms with E-state index in [2.05, 4.69) is 9.97 Å². The Hall–Kier alpha value is -1.46. The number of hydrogen-bond acceptors (Lipinski definition) is 4. The van der Waals surface area contributed by atoms with Gasteiger partial charge in [-0.2, -0.15) is 0 Å². The summed E-state index contributed by atoms with van der Waals surface area (Å²) in [4.78, 5) is 8.00. The van der Waals surface area contributed by atoms with Gasteiger partial charge in [-0.3, -0.25) is 4.57 Å². The molecule has 1 unspecified atom stereocenters. The lowest BCUT2D eigenvalue weighted by Gasteiger charge is -2.25. The standard InChI is InChI=1S/C10H13N3O2/c1-3-15-10(2,14)13-5-4-8-9(13)6-11-7-12-8/h4-7,14H,3H2,1-2H3. The zero-order valence-electron chi connectivity index (χ0n) is 8.71. The summed E-state index contributed by atoms with van der Waals surface area (Å²) in [5.74, 6) is -1.36. The molecule has 1 atom stereocenters. The number of fused-ring (bicyclic) bond motifs is 1. The van der Waals surface area contributed by atoms with Gasteiger partial charge in [0.15, 0.2) is 0 Å². The Morgan fingerprint density at radius 1 is 1.60 bits per heavy atom. The van der Waals surface area contributed by atoms with Crippen LogP contribution in [0.3, 0.4) is 0 Å². The highest BCUT2D eigenvalue weighted by atomic mass is 16.6. The van der Waals surface area contributed by atoms with Crippen molar-refractivity contribution in [3.05, 3.63) is 24.8 Å². The van der Waals surface area contributed by atoms with E-state index in [1.165, 1.54) is 6.33 Å². The van der Waals surface area contributed by atoms with Crippen LogP contribution in [0.15, 0.2) is 24.8 Å². The smallest absolute Gasteiger partial charge is 0.250 e. The number of aromatic nitrogens is 3. The highest BCUT2D eigenvalue weighted by Gasteiger charge is 2.24. The van der Waals surface area contributed by atoms with Gasteiger partial charge in [-0.15, -0.1) is 0 Å². The minimum absolute atomic E-state index is 0.431. The van der Waals surface area contributed by atoms with Crippen LogP contribution in [-0.4, -0.2) is 26.2 Å². The largest absolute Gasteiger partial charge is 0.349 e. The number of hydrogen-bond donors (Lipinski definition) is 1. The highest BCUT2D eigenvalue weighted by Crippen LogP contribution is 2.21. The molecule has 80 valence electrons. The Bertz CT molecular complexity index is 464. The molecule has 0 radical (unpaired) electrons. The summed E-state index contributed by atoms with van der Waals surface area (Å²) in [6.07, 6.45) is 4.85. The van der Waals surface area contributed by atoms with Crippen LogP contribution in [0.2, 0.25) is 0 Å². The number of ether oxygens (including phenoxy) is 1. The van der Waals surface area contributed by atoms with Crippen molar-refractivity contribution in [3.63, 3.8) is 0 Å². The van der Waals surface area contributed by atoms with E-state index in [0.29, 0.717) is 6.61 Å². The zero-order chi connectivity index (χ0) is 10.9. The Balaban J connectivity index is 2.52. The van der Waals surface area contributed by atoms with E-state index >= 15 is 0 Å².